The first kappa shape index (κ1) is 17.4. The minimum Gasteiger partial charge on any atom is -0.623 e. The van der Waals surface area contributed by atoms with Gasteiger partial charge in [-0.2, -0.15) is 4.74 Å². The lowest BCUT2D eigenvalue weighted by Crippen LogP contribution is -2.19. The van der Waals surface area contributed by atoms with E-state index in [0.29, 0.717) is 4.74 Å². The fourth-order valence-electron chi connectivity index (χ4n) is 2.52. The second-order valence-electron chi connectivity index (χ2n) is 5.84. The molecule has 0 heterocycles. The highest BCUT2D eigenvalue weighted by Gasteiger charge is 2.09. The van der Waals surface area contributed by atoms with Crippen molar-refractivity contribution < 1.29 is 14.3 Å². The van der Waals surface area contributed by atoms with Crippen LogP contribution < -0.4 is 0 Å². The average Bonchev–Trinajstić information content (AvgIpc) is 2.68. The van der Waals surface area contributed by atoms with Gasteiger partial charge in [-0.3, -0.25) is 0 Å². The number of rotatable bonds is 6. The standard InChI is InChI=1S/C22H19NO3/c24-22(26-17-19-7-3-1-4-8-19)16-23(25)15-18-11-13-21(14-12-18)20-9-5-2-6-10-20/h1-15H,16-17H2/b23-15-. The van der Waals surface area contributed by atoms with Gasteiger partial charge in [0.05, 0.1) is 0 Å². The van der Waals surface area contributed by atoms with Crippen LogP contribution in [-0.2, 0) is 16.1 Å². The molecule has 4 nitrogen and oxygen atoms in total. The first-order valence-electron chi connectivity index (χ1n) is 8.34. The molecule has 0 aliphatic carbocycles. The number of ether oxygens (including phenoxy) is 1. The smallest absolute Gasteiger partial charge is 0.373 e. The van der Waals surface area contributed by atoms with Gasteiger partial charge in [0.2, 0.25) is 6.54 Å². The van der Waals surface area contributed by atoms with Crippen molar-refractivity contribution >= 4 is 12.2 Å². The van der Waals surface area contributed by atoms with Gasteiger partial charge in [0, 0.05) is 5.56 Å². The van der Waals surface area contributed by atoms with Crippen LogP contribution in [0, 0.1) is 5.21 Å². The van der Waals surface area contributed by atoms with Crippen molar-refractivity contribution in [3.05, 3.63) is 101 Å². The number of esters is 1. The monoisotopic (exact) mass is 345 g/mol. The van der Waals surface area contributed by atoms with Crippen LogP contribution in [-0.4, -0.2) is 23.5 Å². The summed E-state index contributed by atoms with van der Waals surface area (Å²) in [4.78, 5) is 11.8. The van der Waals surface area contributed by atoms with Crippen LogP contribution in [0.4, 0.5) is 0 Å². The van der Waals surface area contributed by atoms with E-state index >= 15 is 0 Å². The second kappa shape index (κ2) is 8.62. The predicted octanol–water partition coefficient (Wildman–Crippen LogP) is 4.03. The number of benzene rings is 3. The largest absolute Gasteiger partial charge is 0.623 e. The Hall–Kier alpha value is -3.40. The number of hydrogen-bond acceptors (Lipinski definition) is 3. The third kappa shape index (κ3) is 5.05. The Balaban J connectivity index is 1.56. The Morgan fingerprint density at radius 1 is 0.846 bits per heavy atom. The van der Waals surface area contributed by atoms with E-state index in [1.54, 1.807) is 0 Å². The minimum atomic E-state index is -0.555. The Morgan fingerprint density at radius 2 is 1.42 bits per heavy atom. The molecule has 0 amide bonds. The van der Waals surface area contributed by atoms with Crippen LogP contribution in [0.25, 0.3) is 11.1 Å². The molecule has 0 unspecified atom stereocenters. The van der Waals surface area contributed by atoms with Crippen molar-refractivity contribution in [3.8, 4) is 11.1 Å². The van der Waals surface area contributed by atoms with E-state index in [4.69, 9.17) is 4.74 Å². The molecule has 3 rings (SSSR count). The molecule has 0 aromatic heterocycles. The highest BCUT2D eigenvalue weighted by atomic mass is 16.5. The number of nitrogens with zero attached hydrogens (tertiary/aromatic N) is 1. The molecule has 0 radical (unpaired) electrons. The predicted molar refractivity (Wildman–Crippen MR) is 102 cm³/mol. The maximum absolute atomic E-state index is 11.9. The van der Waals surface area contributed by atoms with E-state index < -0.39 is 5.97 Å². The van der Waals surface area contributed by atoms with Gasteiger partial charge in [-0.05, 0) is 28.8 Å². The fourth-order valence-corrected chi connectivity index (χ4v) is 2.52. The van der Waals surface area contributed by atoms with Gasteiger partial charge in [-0.15, -0.1) is 0 Å². The van der Waals surface area contributed by atoms with Crippen LogP contribution in [0.3, 0.4) is 0 Å². The van der Waals surface area contributed by atoms with Gasteiger partial charge in [0.25, 0.3) is 0 Å². The van der Waals surface area contributed by atoms with Gasteiger partial charge in [-0.25, -0.2) is 4.79 Å². The number of hydrogen-bond donors (Lipinski definition) is 0. The van der Waals surface area contributed by atoms with E-state index in [1.165, 1.54) is 6.21 Å². The molecule has 130 valence electrons. The summed E-state index contributed by atoms with van der Waals surface area (Å²) < 4.78 is 5.70. The molecule has 0 spiro atoms. The lowest BCUT2D eigenvalue weighted by atomic mass is 10.0. The summed E-state index contributed by atoms with van der Waals surface area (Å²) in [6.45, 7) is -0.174. The highest BCUT2D eigenvalue weighted by Crippen LogP contribution is 2.18. The molecule has 0 N–H and O–H groups in total. The normalized spacial score (nSPS) is 11.2. The molecular formula is C22H19NO3. The van der Waals surface area contributed by atoms with Gasteiger partial charge in [-0.1, -0.05) is 72.8 Å². The molecule has 4 heteroatoms. The summed E-state index contributed by atoms with van der Waals surface area (Å²) >= 11 is 0. The van der Waals surface area contributed by atoms with Crippen LogP contribution in [0.1, 0.15) is 11.1 Å². The number of carbonyl (C=O) groups excluding carboxylic acids is 1. The summed E-state index contributed by atoms with van der Waals surface area (Å²) in [5.41, 5.74) is 3.80. The van der Waals surface area contributed by atoms with Crippen molar-refractivity contribution in [2.24, 2.45) is 0 Å². The maximum atomic E-state index is 11.9. The summed E-state index contributed by atoms with van der Waals surface area (Å²) in [6.07, 6.45) is 1.39. The molecule has 3 aromatic rings. The maximum Gasteiger partial charge on any atom is 0.373 e. The highest BCUT2D eigenvalue weighted by molar-refractivity contribution is 5.79. The molecule has 0 atom stereocenters. The van der Waals surface area contributed by atoms with E-state index in [9.17, 15) is 10.0 Å². The first-order chi connectivity index (χ1) is 12.7. The van der Waals surface area contributed by atoms with Crippen molar-refractivity contribution in [1.82, 2.24) is 0 Å². The molecule has 3 aromatic carbocycles. The van der Waals surface area contributed by atoms with E-state index in [0.717, 1.165) is 22.3 Å². The Labute approximate surface area is 152 Å². The molecule has 0 saturated carbocycles. The Morgan fingerprint density at radius 3 is 2.08 bits per heavy atom. The lowest BCUT2D eigenvalue weighted by Gasteiger charge is -2.06. The molecule has 0 saturated heterocycles. The van der Waals surface area contributed by atoms with Crippen molar-refractivity contribution in [1.29, 1.82) is 0 Å². The van der Waals surface area contributed by atoms with Gasteiger partial charge < -0.3 is 9.94 Å². The fraction of sp³-hybridized carbons (Fsp3) is 0.0909. The summed E-state index contributed by atoms with van der Waals surface area (Å²) in [5.74, 6) is -0.555. The van der Waals surface area contributed by atoms with Crippen LogP contribution in [0.2, 0.25) is 0 Å². The summed E-state index contributed by atoms with van der Waals surface area (Å²) in [5, 5.41) is 11.9. The lowest BCUT2D eigenvalue weighted by molar-refractivity contribution is -0.443. The Bertz CT molecular complexity index is 872. The third-order valence-corrected chi connectivity index (χ3v) is 3.84. The van der Waals surface area contributed by atoms with E-state index in [1.807, 2.05) is 84.9 Å². The van der Waals surface area contributed by atoms with Crippen molar-refractivity contribution in [3.63, 3.8) is 0 Å². The molecule has 26 heavy (non-hydrogen) atoms. The van der Waals surface area contributed by atoms with Crippen LogP contribution >= 0.6 is 0 Å². The molecule has 0 aliphatic rings. The first-order valence-corrected chi connectivity index (χ1v) is 8.34. The van der Waals surface area contributed by atoms with E-state index in [-0.39, 0.29) is 13.2 Å². The average molecular weight is 345 g/mol. The van der Waals surface area contributed by atoms with E-state index in [2.05, 4.69) is 0 Å². The number of carbonyl (C=O) groups is 1. The Kier molecular flexibility index (Phi) is 5.78. The zero-order valence-electron chi connectivity index (χ0n) is 14.2. The van der Waals surface area contributed by atoms with Crippen molar-refractivity contribution in [2.75, 3.05) is 6.54 Å². The number of hydroxylamine groups is 1. The van der Waals surface area contributed by atoms with Gasteiger partial charge in [0.1, 0.15) is 6.61 Å². The zero-order valence-corrected chi connectivity index (χ0v) is 14.2. The van der Waals surface area contributed by atoms with Gasteiger partial charge >= 0.3 is 5.97 Å². The molecule has 0 fully saturated rings. The third-order valence-electron chi connectivity index (χ3n) is 3.84. The second-order valence-corrected chi connectivity index (χ2v) is 5.84. The van der Waals surface area contributed by atoms with Crippen molar-refractivity contribution in [2.45, 2.75) is 6.61 Å². The topological polar surface area (TPSA) is 52.4 Å². The zero-order chi connectivity index (χ0) is 18.2. The van der Waals surface area contributed by atoms with Crippen LogP contribution in [0.15, 0.2) is 84.9 Å². The SMILES string of the molecule is O=C(C/[N+]([O-])=C/c1ccc(-c2ccccc2)cc1)OCc1ccccc1. The minimum absolute atomic E-state index is 0.166. The quantitative estimate of drug-likeness (QED) is 0.223. The van der Waals surface area contributed by atoms with Gasteiger partial charge in [0.15, 0.2) is 6.21 Å². The summed E-state index contributed by atoms with van der Waals surface area (Å²) in [7, 11) is 0. The molecule has 0 bridgehead atoms. The molecule has 0 aliphatic heterocycles. The van der Waals surface area contributed by atoms with Crippen LogP contribution in [0.5, 0.6) is 0 Å². The molecular weight excluding hydrogens is 326 g/mol. The summed E-state index contributed by atoms with van der Waals surface area (Å²) in [6, 6.07) is 26.9.